The summed E-state index contributed by atoms with van der Waals surface area (Å²) in [5, 5.41) is 16.3. The fourth-order valence-corrected chi connectivity index (χ4v) is 8.88. The maximum Gasteiger partial charge on any atom is 0.250 e. The van der Waals surface area contributed by atoms with Gasteiger partial charge in [0.05, 0.1) is 84.8 Å². The number of unbranched alkanes of at least 4 members (excludes halogenated alkanes) is 1. The van der Waals surface area contributed by atoms with E-state index in [4.69, 9.17) is 38.4 Å². The molecule has 4 aromatic rings. The zero-order valence-electron chi connectivity index (χ0n) is 46.3. The molecular weight excluding hydrogens is 983 g/mol. The van der Waals surface area contributed by atoms with Crippen LogP contribution in [0, 0.1) is 12.8 Å². The smallest absolute Gasteiger partial charge is 0.250 e. The van der Waals surface area contributed by atoms with E-state index in [0.29, 0.717) is 104 Å². The van der Waals surface area contributed by atoms with Crippen LogP contribution in [0.2, 0.25) is 18.1 Å². The molecule has 2 atom stereocenters. The molecule has 4 rings (SSSR count). The number of ether oxygens (including phenoxy) is 6. The molecule has 0 aromatic heterocycles. The van der Waals surface area contributed by atoms with E-state index in [1.165, 1.54) is 5.56 Å². The molecular formula is C58H85N7O10Si. The van der Waals surface area contributed by atoms with Crippen LogP contribution in [0.3, 0.4) is 0 Å². The highest BCUT2D eigenvalue weighted by Gasteiger charge is 2.39. The molecule has 3 amide bonds. The maximum atomic E-state index is 14.2. The molecule has 416 valence electrons. The van der Waals surface area contributed by atoms with Gasteiger partial charge in [0.25, 0.3) is 0 Å². The number of nitrogens with one attached hydrogen (secondary N) is 4. The normalized spacial score (nSPS) is 12.6. The standard InChI is InChI=1S/C58H85N7O10Si/c1-45(2)54(64-53(66)30-33-69-35-37-71-39-41-73-43-44-74-42-40-72-38-36-70-34-32-61-65-59)56(68)63-52(55(67)62-50-26-28-51(29-27-50)75-76(7,8)57(4,5)6)21-15-16-31-60-58(47-17-11-9-12-18-47,48-19-13-10-14-20-48)49-24-22-46(3)23-25-49/h9-14,17-20,22-29,45,52,54,60H,15-16,21,30-44H2,1-8H3,(H,62,67)(H,63,68)(H,64,66). The third-order valence-electron chi connectivity index (χ3n) is 13.1. The van der Waals surface area contributed by atoms with Crippen molar-refractivity contribution < 1.29 is 47.2 Å². The summed E-state index contributed by atoms with van der Waals surface area (Å²) < 4.78 is 39.4. The topological polar surface area (TPSA) is 213 Å². The Kier molecular flexibility index (Phi) is 28.3. The third kappa shape index (κ3) is 22.1. The first-order valence-electron chi connectivity index (χ1n) is 26.7. The SMILES string of the molecule is Cc1ccc(C(NCCCCC(NC(=O)C(NC(=O)CCOCCOCCOCCOCCOCCOCCN=[N+]=[N-])C(C)C)C(=O)Nc2ccc(O[Si](C)(C)C(C)(C)C)cc2)(c2ccccc2)c2ccccc2)cc1. The fraction of sp³-hybridized carbons (Fsp3) is 0.534. The van der Waals surface area contributed by atoms with Crippen molar-refractivity contribution in [3.05, 3.63) is 142 Å². The van der Waals surface area contributed by atoms with Crippen molar-refractivity contribution in [1.82, 2.24) is 16.0 Å². The predicted octanol–water partition coefficient (Wildman–Crippen LogP) is 9.50. The van der Waals surface area contributed by atoms with E-state index in [0.717, 1.165) is 22.4 Å². The monoisotopic (exact) mass is 1070 g/mol. The minimum absolute atomic E-state index is 0.0197. The summed E-state index contributed by atoms with van der Waals surface area (Å²) in [6.45, 7) is 22.1. The van der Waals surface area contributed by atoms with Crippen LogP contribution in [0.1, 0.15) is 82.6 Å². The molecule has 0 heterocycles. The molecule has 0 aliphatic heterocycles. The van der Waals surface area contributed by atoms with Gasteiger partial charge in [0.1, 0.15) is 17.8 Å². The van der Waals surface area contributed by atoms with Crippen molar-refractivity contribution in [1.29, 1.82) is 0 Å². The molecule has 0 aliphatic rings. The number of nitrogens with zero attached hydrogens (tertiary/aromatic N) is 3. The molecule has 4 aromatic carbocycles. The Morgan fingerprint density at radius 1 is 0.618 bits per heavy atom. The highest BCUT2D eigenvalue weighted by atomic mass is 28.4. The van der Waals surface area contributed by atoms with Crippen LogP contribution in [-0.4, -0.2) is 130 Å². The number of rotatable bonds is 38. The molecule has 76 heavy (non-hydrogen) atoms. The average molecular weight is 1070 g/mol. The van der Waals surface area contributed by atoms with E-state index in [2.05, 4.69) is 145 Å². The maximum absolute atomic E-state index is 14.2. The van der Waals surface area contributed by atoms with Gasteiger partial charge in [-0.25, -0.2) is 0 Å². The van der Waals surface area contributed by atoms with Gasteiger partial charge in [-0.3, -0.25) is 19.7 Å². The van der Waals surface area contributed by atoms with Crippen LogP contribution in [0.4, 0.5) is 5.69 Å². The van der Waals surface area contributed by atoms with E-state index in [1.54, 1.807) is 0 Å². The van der Waals surface area contributed by atoms with Crippen molar-refractivity contribution in [3.8, 4) is 5.75 Å². The second-order valence-electron chi connectivity index (χ2n) is 20.4. The summed E-state index contributed by atoms with van der Waals surface area (Å²) in [7, 11) is -2.08. The molecule has 0 aliphatic carbocycles. The Bertz CT molecular complexity index is 2270. The average Bonchev–Trinajstić information content (AvgIpc) is 3.44. The highest BCUT2D eigenvalue weighted by Crippen LogP contribution is 2.38. The predicted molar refractivity (Wildman–Crippen MR) is 301 cm³/mol. The molecule has 0 spiro atoms. The largest absolute Gasteiger partial charge is 0.544 e. The summed E-state index contributed by atoms with van der Waals surface area (Å²) in [6, 6.07) is 35.1. The van der Waals surface area contributed by atoms with Crippen LogP contribution in [0.25, 0.3) is 10.4 Å². The van der Waals surface area contributed by atoms with Gasteiger partial charge in [-0.2, -0.15) is 0 Å². The zero-order chi connectivity index (χ0) is 55.1. The van der Waals surface area contributed by atoms with Crippen molar-refractivity contribution in [2.24, 2.45) is 11.0 Å². The first-order chi connectivity index (χ1) is 36.6. The Hall–Kier alpha value is -5.66. The Morgan fingerprint density at radius 2 is 1.11 bits per heavy atom. The minimum Gasteiger partial charge on any atom is -0.544 e. The molecule has 18 heteroatoms. The van der Waals surface area contributed by atoms with Gasteiger partial charge < -0.3 is 48.8 Å². The van der Waals surface area contributed by atoms with Crippen molar-refractivity contribution in [2.75, 3.05) is 97.7 Å². The summed E-state index contributed by atoms with van der Waals surface area (Å²) in [5.41, 5.74) is 12.7. The van der Waals surface area contributed by atoms with Gasteiger partial charge >= 0.3 is 0 Å². The summed E-state index contributed by atoms with van der Waals surface area (Å²) in [6.07, 6.45) is 1.70. The molecule has 2 unspecified atom stereocenters. The van der Waals surface area contributed by atoms with E-state index in [9.17, 15) is 14.4 Å². The van der Waals surface area contributed by atoms with Gasteiger partial charge in [-0.15, -0.1) is 0 Å². The summed E-state index contributed by atoms with van der Waals surface area (Å²) in [5.74, 6) is -0.672. The van der Waals surface area contributed by atoms with E-state index < -0.39 is 31.8 Å². The lowest BCUT2D eigenvalue weighted by Gasteiger charge is -2.37. The Morgan fingerprint density at radius 3 is 1.59 bits per heavy atom. The molecule has 0 fully saturated rings. The van der Waals surface area contributed by atoms with Gasteiger partial charge in [0, 0.05) is 23.6 Å². The van der Waals surface area contributed by atoms with Gasteiger partial charge in [0.15, 0.2) is 0 Å². The van der Waals surface area contributed by atoms with E-state index >= 15 is 0 Å². The van der Waals surface area contributed by atoms with Crippen LogP contribution in [0.5, 0.6) is 5.75 Å². The van der Waals surface area contributed by atoms with Crippen molar-refractivity contribution in [3.63, 3.8) is 0 Å². The molecule has 0 bridgehead atoms. The second kappa shape index (κ2) is 34.2. The minimum atomic E-state index is -2.08. The number of carbonyl (C=O) groups excluding carboxylic acids is 3. The number of benzene rings is 4. The van der Waals surface area contributed by atoms with Crippen LogP contribution < -0.4 is 25.7 Å². The number of hydrogen-bond donors (Lipinski definition) is 4. The number of aryl methyl sites for hydroxylation is 1. The van der Waals surface area contributed by atoms with Crippen LogP contribution in [-0.2, 0) is 48.3 Å². The first-order valence-corrected chi connectivity index (χ1v) is 29.6. The number of amides is 3. The zero-order valence-corrected chi connectivity index (χ0v) is 47.3. The summed E-state index contributed by atoms with van der Waals surface area (Å²) >= 11 is 0. The summed E-state index contributed by atoms with van der Waals surface area (Å²) in [4.78, 5) is 44.2. The van der Waals surface area contributed by atoms with Crippen molar-refractivity contribution >= 4 is 31.7 Å². The molecule has 0 radical (unpaired) electrons. The molecule has 4 N–H and O–H groups in total. The number of hydrogen-bond acceptors (Lipinski definition) is 12. The second-order valence-corrected chi connectivity index (χ2v) is 25.1. The molecule has 17 nitrogen and oxygen atoms in total. The lowest BCUT2D eigenvalue weighted by molar-refractivity contribution is -0.132. The third-order valence-corrected chi connectivity index (χ3v) is 17.5. The Balaban J connectivity index is 1.29. The number of carbonyl (C=O) groups is 3. The van der Waals surface area contributed by atoms with Crippen LogP contribution >= 0.6 is 0 Å². The fourth-order valence-electron chi connectivity index (χ4n) is 7.85. The van der Waals surface area contributed by atoms with Crippen LogP contribution in [0.15, 0.2) is 114 Å². The highest BCUT2D eigenvalue weighted by molar-refractivity contribution is 6.74. The quantitative estimate of drug-likeness (QED) is 0.00829. The van der Waals surface area contributed by atoms with E-state index in [1.807, 2.05) is 50.2 Å². The number of azide groups is 1. The van der Waals surface area contributed by atoms with Gasteiger partial charge in [0.2, 0.25) is 26.0 Å². The Labute approximate surface area is 452 Å². The van der Waals surface area contributed by atoms with Gasteiger partial charge in [-0.05, 0) is 103 Å². The van der Waals surface area contributed by atoms with Gasteiger partial charge in [-0.1, -0.05) is 130 Å². The van der Waals surface area contributed by atoms with Crippen molar-refractivity contribution in [2.45, 2.75) is 103 Å². The molecule has 0 saturated carbocycles. The number of anilines is 1. The first kappa shape index (κ1) is 62.9. The lowest BCUT2D eigenvalue weighted by Crippen LogP contribution is -2.54. The lowest BCUT2D eigenvalue weighted by atomic mass is 9.76. The molecule has 0 saturated heterocycles. The van der Waals surface area contributed by atoms with E-state index in [-0.39, 0.29) is 42.4 Å².